The SMILES string of the molecule is CC#CC[C@@H](C)[C@H](O)/C=C/[C@@H]1[C@H]2c3cccc(CCCCNC(C)(C)C)c3O[C@H]2C[C@H]1O. The van der Waals surface area contributed by atoms with Crippen molar-refractivity contribution in [3.63, 3.8) is 0 Å². The Morgan fingerprint density at radius 2 is 2.06 bits per heavy atom. The molecule has 0 radical (unpaired) electrons. The molecule has 4 nitrogen and oxygen atoms in total. The third kappa shape index (κ3) is 6.16. The standard InChI is InChI=1S/C28H41NO3/c1-6-7-11-19(2)23(30)16-15-21-24(31)18-25-26(21)22-14-10-13-20(27(22)32-25)12-8-9-17-29-28(3,4)5/h10,13-16,19,21,23-26,29-31H,8-9,11-12,17-18H2,1-5H3/b16-15+/t19-,21+,23-,24-,25+,26+/m1/s1. The maximum atomic E-state index is 10.7. The number of aliphatic hydroxyl groups excluding tert-OH is 2. The molecule has 6 atom stereocenters. The summed E-state index contributed by atoms with van der Waals surface area (Å²) >= 11 is 0. The molecular formula is C28H41NO3. The molecule has 32 heavy (non-hydrogen) atoms. The molecule has 3 rings (SSSR count). The fraction of sp³-hybridized carbons (Fsp3) is 0.643. The highest BCUT2D eigenvalue weighted by Crippen LogP contribution is 2.52. The Labute approximate surface area is 194 Å². The molecule has 0 aromatic heterocycles. The van der Waals surface area contributed by atoms with E-state index in [4.69, 9.17) is 4.74 Å². The molecule has 0 unspecified atom stereocenters. The van der Waals surface area contributed by atoms with Crippen LogP contribution in [0, 0.1) is 23.7 Å². The number of aryl methyl sites for hydroxylation is 1. The predicted octanol–water partition coefficient (Wildman–Crippen LogP) is 4.59. The van der Waals surface area contributed by atoms with Gasteiger partial charge in [0.05, 0.1) is 12.2 Å². The van der Waals surface area contributed by atoms with Crippen LogP contribution in [0.3, 0.4) is 0 Å². The number of ether oxygens (including phenoxy) is 1. The molecule has 1 aromatic carbocycles. The number of nitrogens with one attached hydrogen (secondary N) is 1. The number of aliphatic hydroxyl groups is 2. The quantitative estimate of drug-likeness (QED) is 0.299. The van der Waals surface area contributed by atoms with Crippen LogP contribution in [0.15, 0.2) is 30.4 Å². The zero-order chi connectivity index (χ0) is 23.3. The Morgan fingerprint density at radius 1 is 1.28 bits per heavy atom. The molecule has 0 saturated heterocycles. The van der Waals surface area contributed by atoms with E-state index in [-0.39, 0.29) is 29.4 Å². The molecular weight excluding hydrogens is 398 g/mol. The lowest BCUT2D eigenvalue weighted by molar-refractivity contribution is 0.134. The molecule has 0 bridgehead atoms. The first kappa shape index (κ1) is 24.8. The van der Waals surface area contributed by atoms with Crippen LogP contribution in [0.4, 0.5) is 0 Å². The molecule has 176 valence electrons. The van der Waals surface area contributed by atoms with Gasteiger partial charge in [-0.15, -0.1) is 11.8 Å². The van der Waals surface area contributed by atoms with Gasteiger partial charge < -0.3 is 20.3 Å². The zero-order valence-corrected chi connectivity index (χ0v) is 20.4. The fourth-order valence-electron chi connectivity index (χ4n) is 4.88. The van der Waals surface area contributed by atoms with Crippen molar-refractivity contribution in [2.45, 2.75) is 96.5 Å². The summed E-state index contributed by atoms with van der Waals surface area (Å²) in [5, 5.41) is 24.7. The molecule has 3 N–H and O–H groups in total. The van der Waals surface area contributed by atoms with E-state index in [0.29, 0.717) is 12.8 Å². The third-order valence-electron chi connectivity index (χ3n) is 6.73. The average molecular weight is 440 g/mol. The smallest absolute Gasteiger partial charge is 0.126 e. The Hall–Kier alpha value is -1.80. The zero-order valence-electron chi connectivity index (χ0n) is 20.4. The summed E-state index contributed by atoms with van der Waals surface area (Å²) in [5.74, 6) is 7.14. The summed E-state index contributed by atoms with van der Waals surface area (Å²) in [6.45, 7) is 11.4. The number of rotatable bonds is 9. The molecule has 1 aliphatic heterocycles. The van der Waals surface area contributed by atoms with Crippen LogP contribution in [0.25, 0.3) is 0 Å². The number of benzene rings is 1. The van der Waals surface area contributed by atoms with Gasteiger partial charge in [-0.05, 0) is 65.0 Å². The van der Waals surface area contributed by atoms with E-state index in [2.05, 4.69) is 56.1 Å². The van der Waals surface area contributed by atoms with Gasteiger partial charge in [-0.3, -0.25) is 0 Å². The lowest BCUT2D eigenvalue weighted by Gasteiger charge is -2.20. The number of unbranched alkanes of at least 4 members (excludes halogenated alkanes) is 1. The van der Waals surface area contributed by atoms with Gasteiger partial charge in [-0.1, -0.05) is 37.3 Å². The molecule has 1 heterocycles. The van der Waals surface area contributed by atoms with Crippen molar-refractivity contribution in [1.29, 1.82) is 0 Å². The maximum absolute atomic E-state index is 10.7. The van der Waals surface area contributed by atoms with Crippen LogP contribution in [0.5, 0.6) is 5.75 Å². The van der Waals surface area contributed by atoms with Crippen molar-refractivity contribution in [1.82, 2.24) is 5.32 Å². The van der Waals surface area contributed by atoms with Crippen molar-refractivity contribution in [2.75, 3.05) is 6.54 Å². The molecule has 1 saturated carbocycles. The summed E-state index contributed by atoms with van der Waals surface area (Å²) < 4.78 is 6.39. The Bertz CT molecular complexity index is 844. The topological polar surface area (TPSA) is 61.7 Å². The normalized spacial score (nSPS) is 26.2. The van der Waals surface area contributed by atoms with E-state index in [1.165, 1.54) is 11.1 Å². The monoisotopic (exact) mass is 439 g/mol. The second kappa shape index (κ2) is 10.9. The van der Waals surface area contributed by atoms with Gasteiger partial charge in [-0.25, -0.2) is 0 Å². The summed E-state index contributed by atoms with van der Waals surface area (Å²) in [6, 6.07) is 6.46. The van der Waals surface area contributed by atoms with Crippen molar-refractivity contribution in [3.8, 4) is 17.6 Å². The first-order chi connectivity index (χ1) is 15.2. The fourth-order valence-corrected chi connectivity index (χ4v) is 4.88. The van der Waals surface area contributed by atoms with Gasteiger partial charge in [0.15, 0.2) is 0 Å². The van der Waals surface area contributed by atoms with Gasteiger partial charge >= 0.3 is 0 Å². The number of hydrogen-bond donors (Lipinski definition) is 3. The van der Waals surface area contributed by atoms with Crippen LogP contribution in [-0.2, 0) is 6.42 Å². The summed E-state index contributed by atoms with van der Waals surface area (Å²) in [5.41, 5.74) is 2.65. The second-order valence-electron chi connectivity index (χ2n) is 10.5. The van der Waals surface area contributed by atoms with Crippen LogP contribution in [0.1, 0.15) is 77.3 Å². The largest absolute Gasteiger partial charge is 0.489 e. The van der Waals surface area contributed by atoms with E-state index in [1.54, 1.807) is 0 Å². The first-order valence-electron chi connectivity index (χ1n) is 12.2. The lowest BCUT2D eigenvalue weighted by Crippen LogP contribution is -2.36. The first-order valence-corrected chi connectivity index (χ1v) is 12.2. The van der Waals surface area contributed by atoms with Crippen LogP contribution in [0.2, 0.25) is 0 Å². The van der Waals surface area contributed by atoms with Crippen molar-refractivity contribution < 1.29 is 14.9 Å². The van der Waals surface area contributed by atoms with Crippen LogP contribution >= 0.6 is 0 Å². The van der Waals surface area contributed by atoms with E-state index in [9.17, 15) is 10.2 Å². The Balaban J connectivity index is 1.65. The molecule has 4 heteroatoms. The summed E-state index contributed by atoms with van der Waals surface area (Å²) in [7, 11) is 0. The molecule has 2 aliphatic rings. The highest BCUT2D eigenvalue weighted by Gasteiger charge is 2.48. The van der Waals surface area contributed by atoms with Gasteiger partial charge in [0, 0.05) is 35.8 Å². The summed E-state index contributed by atoms with van der Waals surface area (Å²) in [4.78, 5) is 0. The minimum Gasteiger partial charge on any atom is -0.489 e. The Morgan fingerprint density at radius 3 is 2.78 bits per heavy atom. The second-order valence-corrected chi connectivity index (χ2v) is 10.5. The molecule has 1 aliphatic carbocycles. The maximum Gasteiger partial charge on any atom is 0.126 e. The van der Waals surface area contributed by atoms with Gasteiger partial charge in [0.1, 0.15) is 11.9 Å². The van der Waals surface area contributed by atoms with Crippen molar-refractivity contribution in [3.05, 3.63) is 41.5 Å². The van der Waals surface area contributed by atoms with E-state index in [1.807, 2.05) is 26.0 Å². The van der Waals surface area contributed by atoms with Gasteiger partial charge in [0.25, 0.3) is 0 Å². The van der Waals surface area contributed by atoms with E-state index in [0.717, 1.165) is 31.6 Å². The van der Waals surface area contributed by atoms with Crippen LogP contribution < -0.4 is 10.1 Å². The minimum atomic E-state index is -0.558. The average Bonchev–Trinajstić information content (AvgIpc) is 3.24. The third-order valence-corrected chi connectivity index (χ3v) is 6.73. The minimum absolute atomic E-state index is 0.0129. The van der Waals surface area contributed by atoms with Crippen LogP contribution in [-0.4, -0.2) is 40.6 Å². The van der Waals surface area contributed by atoms with Crippen molar-refractivity contribution in [2.24, 2.45) is 11.8 Å². The molecule has 0 spiro atoms. The van der Waals surface area contributed by atoms with Crippen molar-refractivity contribution >= 4 is 0 Å². The highest BCUT2D eigenvalue weighted by atomic mass is 16.5. The Kier molecular flexibility index (Phi) is 8.44. The van der Waals surface area contributed by atoms with Gasteiger partial charge in [0.2, 0.25) is 0 Å². The van der Waals surface area contributed by atoms with E-state index < -0.39 is 12.2 Å². The molecule has 1 aromatic rings. The lowest BCUT2D eigenvalue weighted by atomic mass is 9.86. The molecule has 0 amide bonds. The number of fused-ring (bicyclic) bond motifs is 3. The predicted molar refractivity (Wildman–Crippen MR) is 131 cm³/mol. The highest BCUT2D eigenvalue weighted by molar-refractivity contribution is 5.49. The summed E-state index contributed by atoms with van der Waals surface area (Å²) in [6.07, 6.45) is 7.44. The van der Waals surface area contributed by atoms with E-state index >= 15 is 0 Å². The molecule has 1 fully saturated rings. The number of para-hydroxylation sites is 1. The number of hydrogen-bond acceptors (Lipinski definition) is 4. The van der Waals surface area contributed by atoms with Gasteiger partial charge in [-0.2, -0.15) is 0 Å².